The van der Waals surface area contributed by atoms with Crippen LogP contribution < -0.4 is 0 Å². The van der Waals surface area contributed by atoms with Crippen LogP contribution in [0.15, 0.2) is 0 Å². The number of fused-ring (bicyclic) bond motifs is 5. The minimum Gasteiger partial charge on any atom is -0.465 e. The quantitative estimate of drug-likeness (QED) is 0.237. The summed E-state index contributed by atoms with van der Waals surface area (Å²) in [5.74, 6) is -4.37. The molecule has 0 aliphatic heterocycles. The normalized spacial score (nSPS) is 43.6. The highest BCUT2D eigenvalue weighted by molar-refractivity contribution is 5.77. The first kappa shape index (κ1) is 30.1. The van der Waals surface area contributed by atoms with E-state index in [2.05, 4.69) is 25.5 Å². The van der Waals surface area contributed by atoms with Crippen molar-refractivity contribution in [2.45, 2.75) is 97.2 Å². The maximum absolute atomic E-state index is 15.2. The van der Waals surface area contributed by atoms with Gasteiger partial charge in [-0.3, -0.25) is 0 Å². The third-order valence-electron chi connectivity index (χ3n) is 11.8. The Morgan fingerprint density at radius 2 is 1.55 bits per heavy atom. The highest BCUT2D eigenvalue weighted by atomic mass is 19.3. The van der Waals surface area contributed by atoms with Crippen molar-refractivity contribution in [2.24, 2.45) is 52.3 Å². The van der Waals surface area contributed by atoms with Crippen LogP contribution in [-0.4, -0.2) is 59.0 Å². The molecule has 0 aromatic carbocycles. The summed E-state index contributed by atoms with van der Waals surface area (Å²) < 4.78 is 58.1. The number of carbonyl (C=O) groups is 1. The highest BCUT2D eigenvalue weighted by Crippen LogP contribution is 2.70. The Morgan fingerprint density at radius 3 is 2.18 bits per heavy atom. The molecule has 0 bridgehead atoms. The van der Waals surface area contributed by atoms with E-state index in [1.807, 2.05) is 0 Å². The summed E-state index contributed by atoms with van der Waals surface area (Å²) in [7, 11) is 4.37. The topological polar surface area (TPSA) is 63.2 Å². The fourth-order valence-electron chi connectivity index (χ4n) is 10.0. The molecule has 0 N–H and O–H groups in total. The van der Waals surface area contributed by atoms with E-state index < -0.39 is 17.8 Å². The smallest absolute Gasteiger partial charge is 0.377 e. The first-order valence-corrected chi connectivity index (χ1v) is 14.7. The van der Waals surface area contributed by atoms with E-state index in [1.54, 1.807) is 21.1 Å². The largest absolute Gasteiger partial charge is 0.465 e. The second-order valence-corrected chi connectivity index (χ2v) is 13.1. The number of hydrogen-bond acceptors (Lipinski definition) is 6. The second kappa shape index (κ2) is 11.6. The molecule has 6 nitrogen and oxygen atoms in total. The summed E-state index contributed by atoms with van der Waals surface area (Å²) in [5.41, 5.74) is -0.112. The maximum Gasteiger partial charge on any atom is 0.377 e. The van der Waals surface area contributed by atoms with E-state index in [0.29, 0.717) is 31.0 Å². The van der Waals surface area contributed by atoms with Gasteiger partial charge in [0.2, 0.25) is 0 Å². The first-order chi connectivity index (χ1) is 18.0. The molecular weight excluding hydrogens is 494 g/mol. The van der Waals surface area contributed by atoms with E-state index in [4.69, 9.17) is 18.9 Å². The Hall–Kier alpha value is -0.830. The summed E-state index contributed by atoms with van der Waals surface area (Å²) in [5, 5.41) is 0. The van der Waals surface area contributed by atoms with Crippen molar-refractivity contribution in [2.75, 3.05) is 34.9 Å². The molecule has 4 aliphatic carbocycles. The van der Waals surface area contributed by atoms with Crippen LogP contribution in [0.25, 0.3) is 0 Å². The van der Waals surface area contributed by atoms with Gasteiger partial charge >= 0.3 is 11.9 Å². The molecule has 38 heavy (non-hydrogen) atoms. The van der Waals surface area contributed by atoms with Gasteiger partial charge in [-0.2, -0.15) is 8.78 Å². The fourth-order valence-corrected chi connectivity index (χ4v) is 10.0. The average Bonchev–Trinajstić information content (AvgIpc) is 3.26. The standard InChI is InChI=1S/C30H50F2O6/c1-8-20-24-15-19(37-16-34-5)11-13-29(24,4)23-12-14-28(3)21(18(2)30(31,32)27(33)36-7)9-10-22(28)25(23)26(20)38-17-35-6/h18-26H,8-17H2,1-7H3/t18-,19+,20+,21+,22-,23-,24-,25-,26+,28+,29+/m0/s1. The molecule has 8 heteroatoms. The Bertz CT molecular complexity index is 825. The van der Waals surface area contributed by atoms with Gasteiger partial charge in [-0.1, -0.05) is 34.1 Å². The molecule has 4 rings (SSSR count). The number of halogens is 2. The zero-order valence-electron chi connectivity index (χ0n) is 24.5. The lowest BCUT2D eigenvalue weighted by Crippen LogP contribution is -2.63. The Morgan fingerprint density at radius 1 is 0.921 bits per heavy atom. The van der Waals surface area contributed by atoms with Gasteiger partial charge in [0, 0.05) is 20.1 Å². The van der Waals surface area contributed by atoms with E-state index in [-0.39, 0.29) is 47.6 Å². The van der Waals surface area contributed by atoms with Gasteiger partial charge in [-0.05, 0) is 91.3 Å². The van der Waals surface area contributed by atoms with Crippen molar-refractivity contribution in [1.82, 2.24) is 0 Å². The summed E-state index contributed by atoms with van der Waals surface area (Å²) in [6.45, 7) is 9.06. The van der Waals surface area contributed by atoms with Crippen LogP contribution in [0.4, 0.5) is 8.78 Å². The zero-order chi connectivity index (χ0) is 27.9. The zero-order valence-corrected chi connectivity index (χ0v) is 24.5. The summed E-state index contributed by atoms with van der Waals surface area (Å²) in [4.78, 5) is 12.0. The van der Waals surface area contributed by atoms with Crippen LogP contribution in [0.2, 0.25) is 0 Å². The number of esters is 1. The van der Waals surface area contributed by atoms with Gasteiger partial charge in [-0.25, -0.2) is 4.79 Å². The molecule has 0 spiro atoms. The van der Waals surface area contributed by atoms with Gasteiger partial charge in [0.05, 0.1) is 19.3 Å². The summed E-state index contributed by atoms with van der Waals surface area (Å²) >= 11 is 0. The average molecular weight is 545 g/mol. The maximum atomic E-state index is 15.2. The molecular formula is C30H50F2O6. The molecule has 0 radical (unpaired) electrons. The fraction of sp³-hybridized carbons (Fsp3) is 0.967. The molecule has 0 aromatic rings. The summed E-state index contributed by atoms with van der Waals surface area (Å²) in [6, 6.07) is 0. The molecule has 0 unspecified atom stereocenters. The highest BCUT2D eigenvalue weighted by Gasteiger charge is 2.67. The van der Waals surface area contributed by atoms with Crippen molar-refractivity contribution >= 4 is 5.97 Å². The third kappa shape index (κ3) is 4.83. The van der Waals surface area contributed by atoms with Crippen molar-refractivity contribution < 1.29 is 37.3 Å². The SMILES string of the molecule is CC[C@H]1[C@@H](OCOC)[C@@H]2[C@H](CC[C@]3(C)[C@@H]([C@H](C)C(F)(F)C(=O)OC)CC[C@@H]23)[C@@]2(C)CC[C@@H](OCOC)C[C@@H]12. The number of hydrogen-bond donors (Lipinski definition) is 0. The van der Waals surface area contributed by atoms with Crippen LogP contribution in [0, 0.1) is 52.3 Å². The van der Waals surface area contributed by atoms with Gasteiger partial charge < -0.3 is 23.7 Å². The van der Waals surface area contributed by atoms with Crippen LogP contribution in [0.1, 0.15) is 79.1 Å². The number of ether oxygens (including phenoxy) is 5. The predicted molar refractivity (Wildman–Crippen MR) is 139 cm³/mol. The van der Waals surface area contributed by atoms with Crippen molar-refractivity contribution in [1.29, 1.82) is 0 Å². The van der Waals surface area contributed by atoms with Crippen LogP contribution in [-0.2, 0) is 28.5 Å². The van der Waals surface area contributed by atoms with Crippen molar-refractivity contribution in [3.8, 4) is 0 Å². The molecule has 0 heterocycles. The van der Waals surface area contributed by atoms with Gasteiger partial charge in [-0.15, -0.1) is 0 Å². The van der Waals surface area contributed by atoms with Crippen LogP contribution in [0.5, 0.6) is 0 Å². The van der Waals surface area contributed by atoms with Gasteiger partial charge in [0.1, 0.15) is 13.6 Å². The Labute approximate surface area is 227 Å². The van der Waals surface area contributed by atoms with Crippen molar-refractivity contribution in [3.63, 3.8) is 0 Å². The molecule has 4 saturated carbocycles. The molecule has 4 aliphatic rings. The van der Waals surface area contributed by atoms with Crippen LogP contribution >= 0.6 is 0 Å². The first-order valence-electron chi connectivity index (χ1n) is 14.7. The monoisotopic (exact) mass is 544 g/mol. The minimum atomic E-state index is -3.49. The Kier molecular flexibility index (Phi) is 9.18. The minimum absolute atomic E-state index is 0.0176. The number of rotatable bonds is 10. The molecule has 11 atom stereocenters. The third-order valence-corrected chi connectivity index (χ3v) is 11.8. The second-order valence-electron chi connectivity index (χ2n) is 13.1. The lowest BCUT2D eigenvalue weighted by molar-refractivity contribution is -0.241. The number of methoxy groups -OCH3 is 3. The van der Waals surface area contributed by atoms with Gasteiger partial charge in [0.25, 0.3) is 0 Å². The lowest BCUT2D eigenvalue weighted by Gasteiger charge is -2.65. The molecule has 220 valence electrons. The summed E-state index contributed by atoms with van der Waals surface area (Å²) in [6.07, 6.45) is 7.84. The van der Waals surface area contributed by atoms with Crippen LogP contribution in [0.3, 0.4) is 0 Å². The molecule has 0 saturated heterocycles. The van der Waals surface area contributed by atoms with E-state index >= 15 is 8.78 Å². The Balaban J connectivity index is 1.68. The number of alkyl halides is 2. The van der Waals surface area contributed by atoms with E-state index in [1.165, 1.54) is 0 Å². The number of carbonyl (C=O) groups excluding carboxylic acids is 1. The lowest BCUT2D eigenvalue weighted by atomic mass is 9.41. The predicted octanol–water partition coefficient (Wildman–Crippen LogP) is 6.31. The molecule has 0 aromatic heterocycles. The van der Waals surface area contributed by atoms with E-state index in [9.17, 15) is 4.79 Å². The van der Waals surface area contributed by atoms with Gasteiger partial charge in [0.15, 0.2) is 0 Å². The molecule has 0 amide bonds. The van der Waals surface area contributed by atoms with E-state index in [0.717, 1.165) is 52.1 Å². The van der Waals surface area contributed by atoms with Crippen molar-refractivity contribution in [3.05, 3.63) is 0 Å². The molecule has 4 fully saturated rings.